The van der Waals surface area contributed by atoms with E-state index in [1.807, 2.05) is 16.8 Å². The van der Waals surface area contributed by atoms with E-state index >= 15 is 0 Å². The van der Waals surface area contributed by atoms with E-state index in [9.17, 15) is 15.0 Å². The Balaban J connectivity index is 1.74. The van der Waals surface area contributed by atoms with Gasteiger partial charge >= 0.3 is 0 Å². The molecule has 1 aliphatic rings. The zero-order chi connectivity index (χ0) is 15.0. The number of carbonyl (C=O) groups excluding carboxylic acids is 1. The molecule has 3 heterocycles. The van der Waals surface area contributed by atoms with Crippen molar-refractivity contribution in [3.63, 3.8) is 0 Å². The van der Waals surface area contributed by atoms with Gasteiger partial charge in [-0.05, 0) is 30.9 Å². The third kappa shape index (κ3) is 2.72. The van der Waals surface area contributed by atoms with Gasteiger partial charge in [-0.15, -0.1) is 0 Å². The molecule has 0 saturated carbocycles. The lowest BCUT2D eigenvalue weighted by molar-refractivity contribution is -0.0999. The van der Waals surface area contributed by atoms with Gasteiger partial charge in [0.15, 0.2) is 0 Å². The quantitative estimate of drug-likeness (QED) is 0.775. The van der Waals surface area contributed by atoms with E-state index in [2.05, 4.69) is 10.2 Å². The monoisotopic (exact) mass is 307 g/mol. The van der Waals surface area contributed by atoms with Crippen LogP contribution in [0.4, 0.5) is 0 Å². The molecule has 1 saturated heterocycles. The fraction of sp³-hybridized carbons (Fsp3) is 0.429. The van der Waals surface area contributed by atoms with Crippen molar-refractivity contribution in [2.75, 3.05) is 13.1 Å². The van der Waals surface area contributed by atoms with Gasteiger partial charge in [-0.1, -0.05) is 0 Å². The summed E-state index contributed by atoms with van der Waals surface area (Å²) in [4.78, 5) is 13.9. The molecule has 3 N–H and O–H groups in total. The molecule has 0 radical (unpaired) electrons. The van der Waals surface area contributed by atoms with E-state index in [4.69, 9.17) is 0 Å². The molecule has 0 aliphatic carbocycles. The number of amides is 1. The second-order valence-corrected chi connectivity index (χ2v) is 6.33. The number of hydrogen-bond acceptors (Lipinski definition) is 5. The lowest BCUT2D eigenvalue weighted by Gasteiger charge is -2.39. The molecule has 2 atom stereocenters. The number of aromatic nitrogens is 2. The number of nitrogens with one attached hydrogen (secondary N) is 1. The largest absolute Gasteiger partial charge is 0.388 e. The number of hydrogen-bond donors (Lipinski definition) is 3. The first kappa shape index (κ1) is 14.2. The average molecular weight is 307 g/mol. The molecular weight excluding hydrogens is 290 g/mol. The molecule has 1 amide bonds. The Morgan fingerprint density at radius 1 is 1.62 bits per heavy atom. The molecule has 21 heavy (non-hydrogen) atoms. The maximum Gasteiger partial charge on any atom is 0.271 e. The van der Waals surface area contributed by atoms with E-state index in [0.29, 0.717) is 18.7 Å². The summed E-state index contributed by atoms with van der Waals surface area (Å²) in [5.74, 6) is -0.210. The van der Waals surface area contributed by atoms with Crippen molar-refractivity contribution in [1.29, 1.82) is 0 Å². The standard InChI is InChI=1S/C14H17N3O3S/c1-14(20)3-4-17(7-12(14)18)13(19)11-6-10(15-16-11)9-2-5-21-8-9/h2,5-6,8,12,18,20H,3-4,7H2,1H3,(H,15,16)/t12-,14-/m1/s1. The molecule has 3 rings (SSSR count). The van der Waals surface area contributed by atoms with Crippen molar-refractivity contribution in [3.8, 4) is 11.3 Å². The molecule has 0 aromatic carbocycles. The molecule has 1 fully saturated rings. The molecule has 2 aromatic heterocycles. The van der Waals surface area contributed by atoms with Gasteiger partial charge < -0.3 is 15.1 Å². The van der Waals surface area contributed by atoms with Gasteiger partial charge in [0.05, 0.1) is 17.4 Å². The van der Waals surface area contributed by atoms with Crippen LogP contribution >= 0.6 is 11.3 Å². The third-order valence-corrected chi connectivity index (χ3v) is 4.59. The Labute approximate surface area is 126 Å². The van der Waals surface area contributed by atoms with Crippen molar-refractivity contribution in [2.24, 2.45) is 0 Å². The summed E-state index contributed by atoms with van der Waals surface area (Å²) in [6.45, 7) is 2.12. The van der Waals surface area contributed by atoms with Gasteiger partial charge in [-0.25, -0.2) is 0 Å². The van der Waals surface area contributed by atoms with Gasteiger partial charge in [0.2, 0.25) is 0 Å². The molecule has 0 bridgehead atoms. The molecule has 7 heteroatoms. The number of aromatic amines is 1. The second kappa shape index (κ2) is 5.25. The summed E-state index contributed by atoms with van der Waals surface area (Å²) in [5, 5.41) is 30.6. The van der Waals surface area contributed by atoms with Crippen LogP contribution in [0.15, 0.2) is 22.9 Å². The highest BCUT2D eigenvalue weighted by atomic mass is 32.1. The Bertz CT molecular complexity index is 636. The number of nitrogens with zero attached hydrogens (tertiary/aromatic N) is 2. The first-order valence-electron chi connectivity index (χ1n) is 6.75. The minimum Gasteiger partial charge on any atom is -0.388 e. The molecule has 1 aliphatic heterocycles. The third-order valence-electron chi connectivity index (χ3n) is 3.91. The Morgan fingerprint density at radius 2 is 2.43 bits per heavy atom. The number of thiophene rings is 1. The number of H-pyrrole nitrogens is 1. The number of carbonyl (C=O) groups is 1. The summed E-state index contributed by atoms with van der Waals surface area (Å²) in [6.07, 6.45) is -0.583. The van der Waals surface area contributed by atoms with E-state index in [0.717, 1.165) is 11.3 Å². The maximum atomic E-state index is 12.4. The van der Waals surface area contributed by atoms with Crippen LogP contribution in [0.3, 0.4) is 0 Å². The van der Waals surface area contributed by atoms with Crippen LogP contribution in [-0.4, -0.2) is 56.0 Å². The zero-order valence-corrected chi connectivity index (χ0v) is 12.4. The van der Waals surface area contributed by atoms with E-state index < -0.39 is 11.7 Å². The normalized spacial score (nSPS) is 26.0. The van der Waals surface area contributed by atoms with Crippen molar-refractivity contribution in [2.45, 2.75) is 25.0 Å². The average Bonchev–Trinajstić information content (AvgIpc) is 3.10. The van der Waals surface area contributed by atoms with Crippen LogP contribution < -0.4 is 0 Å². The van der Waals surface area contributed by atoms with Crippen LogP contribution in [0, 0.1) is 0 Å². The van der Waals surface area contributed by atoms with Crippen molar-refractivity contribution in [1.82, 2.24) is 15.1 Å². The maximum absolute atomic E-state index is 12.4. The van der Waals surface area contributed by atoms with Gasteiger partial charge in [0.25, 0.3) is 5.91 Å². The van der Waals surface area contributed by atoms with Crippen LogP contribution in [-0.2, 0) is 0 Å². The van der Waals surface area contributed by atoms with Crippen LogP contribution in [0.5, 0.6) is 0 Å². The number of aliphatic hydroxyl groups is 2. The molecule has 6 nitrogen and oxygen atoms in total. The lowest BCUT2D eigenvalue weighted by atomic mass is 9.90. The predicted octanol–water partition coefficient (Wildman–Crippen LogP) is 1.10. The van der Waals surface area contributed by atoms with Crippen LogP contribution in [0.25, 0.3) is 11.3 Å². The highest BCUT2D eigenvalue weighted by molar-refractivity contribution is 7.08. The molecular formula is C14H17N3O3S. The Morgan fingerprint density at radius 3 is 3.10 bits per heavy atom. The number of piperidine rings is 1. The fourth-order valence-corrected chi connectivity index (χ4v) is 3.02. The lowest BCUT2D eigenvalue weighted by Crippen LogP contribution is -2.55. The van der Waals surface area contributed by atoms with Gasteiger partial charge in [0.1, 0.15) is 5.69 Å². The van der Waals surface area contributed by atoms with Crippen LogP contribution in [0.1, 0.15) is 23.8 Å². The second-order valence-electron chi connectivity index (χ2n) is 5.55. The highest BCUT2D eigenvalue weighted by Gasteiger charge is 2.38. The summed E-state index contributed by atoms with van der Waals surface area (Å²) in [6, 6.07) is 3.65. The number of likely N-dealkylation sites (tertiary alicyclic amines) is 1. The van der Waals surface area contributed by atoms with E-state index in [1.54, 1.807) is 24.3 Å². The predicted molar refractivity (Wildman–Crippen MR) is 79.1 cm³/mol. The first-order valence-corrected chi connectivity index (χ1v) is 7.69. The molecule has 2 aromatic rings. The SMILES string of the molecule is C[C@@]1(O)CCN(C(=O)c2cc(-c3ccsc3)n[nH]2)C[C@H]1O. The minimum absolute atomic E-state index is 0.124. The number of β-amino-alcohol motifs (C(OH)–C–C–N with tert-alkyl or cyclic N) is 1. The summed E-state index contributed by atoms with van der Waals surface area (Å²) < 4.78 is 0. The Hall–Kier alpha value is -1.70. The van der Waals surface area contributed by atoms with Crippen molar-refractivity contribution in [3.05, 3.63) is 28.6 Å². The summed E-state index contributed by atoms with van der Waals surface area (Å²) in [5.41, 5.74) is 0.957. The highest BCUT2D eigenvalue weighted by Crippen LogP contribution is 2.24. The van der Waals surface area contributed by atoms with Gasteiger partial charge in [0, 0.05) is 24.0 Å². The minimum atomic E-state index is -1.13. The fourth-order valence-electron chi connectivity index (χ4n) is 2.37. The van der Waals surface area contributed by atoms with E-state index in [-0.39, 0.29) is 12.5 Å². The zero-order valence-electron chi connectivity index (χ0n) is 11.6. The van der Waals surface area contributed by atoms with Crippen molar-refractivity contribution < 1.29 is 15.0 Å². The summed E-state index contributed by atoms with van der Waals surface area (Å²) >= 11 is 1.57. The number of rotatable bonds is 2. The first-order chi connectivity index (χ1) is 9.97. The van der Waals surface area contributed by atoms with Gasteiger partial charge in [-0.2, -0.15) is 16.4 Å². The molecule has 0 spiro atoms. The topological polar surface area (TPSA) is 89.5 Å². The van der Waals surface area contributed by atoms with Crippen molar-refractivity contribution >= 4 is 17.2 Å². The number of aliphatic hydroxyl groups excluding tert-OH is 1. The summed E-state index contributed by atoms with van der Waals surface area (Å²) in [7, 11) is 0. The van der Waals surface area contributed by atoms with Crippen LogP contribution in [0.2, 0.25) is 0 Å². The van der Waals surface area contributed by atoms with E-state index in [1.165, 1.54) is 4.90 Å². The molecule has 0 unspecified atom stereocenters. The Kier molecular flexibility index (Phi) is 3.56. The smallest absolute Gasteiger partial charge is 0.271 e. The molecule has 112 valence electrons. The van der Waals surface area contributed by atoms with Gasteiger partial charge in [-0.3, -0.25) is 9.89 Å².